The third kappa shape index (κ3) is 4.00. The van der Waals surface area contributed by atoms with Crippen LogP contribution in [0.2, 0.25) is 0 Å². The Bertz CT molecular complexity index is 869. The summed E-state index contributed by atoms with van der Waals surface area (Å²) in [5.74, 6) is -0.828. The highest BCUT2D eigenvalue weighted by Gasteiger charge is 2.27. The summed E-state index contributed by atoms with van der Waals surface area (Å²) in [5, 5.41) is 0. The first-order chi connectivity index (χ1) is 11.8. The van der Waals surface area contributed by atoms with Gasteiger partial charge in [-0.05, 0) is 36.4 Å². The SMILES string of the molecule is COc1ccc(S(=O)(=O)N(CC(N)=O)c2ccc(F)cc2)cc1OC. The summed E-state index contributed by atoms with van der Waals surface area (Å²) in [6.45, 7) is -0.595. The van der Waals surface area contributed by atoms with Gasteiger partial charge in [0.15, 0.2) is 11.5 Å². The molecular formula is C16H17FN2O5S. The third-order valence-corrected chi connectivity index (χ3v) is 5.13. The van der Waals surface area contributed by atoms with Crippen LogP contribution in [0.1, 0.15) is 0 Å². The van der Waals surface area contributed by atoms with Gasteiger partial charge in [0.05, 0.1) is 24.8 Å². The number of nitrogens with zero attached hydrogens (tertiary/aromatic N) is 1. The first-order valence-electron chi connectivity index (χ1n) is 7.08. The van der Waals surface area contributed by atoms with Crippen molar-refractivity contribution in [3.05, 3.63) is 48.3 Å². The van der Waals surface area contributed by atoms with Crippen molar-refractivity contribution in [3.63, 3.8) is 0 Å². The van der Waals surface area contributed by atoms with Gasteiger partial charge in [-0.15, -0.1) is 0 Å². The van der Waals surface area contributed by atoms with Crippen molar-refractivity contribution in [2.75, 3.05) is 25.1 Å². The molecule has 2 aromatic carbocycles. The molecule has 0 radical (unpaired) electrons. The zero-order valence-electron chi connectivity index (χ0n) is 13.6. The van der Waals surface area contributed by atoms with Crippen LogP contribution in [-0.2, 0) is 14.8 Å². The van der Waals surface area contributed by atoms with E-state index in [4.69, 9.17) is 15.2 Å². The zero-order valence-corrected chi connectivity index (χ0v) is 14.4. The van der Waals surface area contributed by atoms with Crippen LogP contribution < -0.4 is 19.5 Å². The van der Waals surface area contributed by atoms with E-state index in [2.05, 4.69) is 0 Å². The maximum atomic E-state index is 13.1. The minimum atomic E-state index is -4.15. The van der Waals surface area contributed by atoms with Gasteiger partial charge in [0.1, 0.15) is 12.4 Å². The lowest BCUT2D eigenvalue weighted by Gasteiger charge is -2.23. The predicted octanol–water partition coefficient (Wildman–Crippen LogP) is 1.52. The number of rotatable bonds is 7. The van der Waals surface area contributed by atoms with E-state index in [1.807, 2.05) is 0 Å². The van der Waals surface area contributed by atoms with Crippen LogP contribution in [0.4, 0.5) is 10.1 Å². The summed E-state index contributed by atoms with van der Waals surface area (Å²) in [6.07, 6.45) is 0. The average molecular weight is 368 g/mol. The van der Waals surface area contributed by atoms with E-state index >= 15 is 0 Å². The first-order valence-corrected chi connectivity index (χ1v) is 8.52. The standard InChI is InChI=1S/C16H17FN2O5S/c1-23-14-8-7-13(9-15(14)24-2)25(21,22)19(10-16(18)20)12-5-3-11(17)4-6-12/h3-9H,10H2,1-2H3,(H2,18,20). The van der Waals surface area contributed by atoms with Gasteiger partial charge in [-0.2, -0.15) is 0 Å². The molecule has 0 spiro atoms. The van der Waals surface area contributed by atoms with Crippen molar-refractivity contribution in [1.82, 2.24) is 0 Å². The lowest BCUT2D eigenvalue weighted by atomic mass is 10.3. The number of halogens is 1. The van der Waals surface area contributed by atoms with Crippen molar-refractivity contribution in [3.8, 4) is 11.5 Å². The molecule has 2 N–H and O–H groups in total. The normalized spacial score (nSPS) is 11.0. The van der Waals surface area contributed by atoms with Crippen molar-refractivity contribution < 1.29 is 27.1 Å². The average Bonchev–Trinajstić information content (AvgIpc) is 2.59. The topological polar surface area (TPSA) is 98.9 Å². The molecule has 7 nitrogen and oxygen atoms in total. The number of primary amides is 1. The second-order valence-corrected chi connectivity index (χ2v) is 6.83. The number of benzene rings is 2. The Hall–Kier alpha value is -2.81. The molecule has 1 amide bonds. The molecule has 0 saturated heterocycles. The van der Waals surface area contributed by atoms with Crippen molar-refractivity contribution >= 4 is 21.6 Å². The van der Waals surface area contributed by atoms with Gasteiger partial charge < -0.3 is 15.2 Å². The molecule has 2 rings (SSSR count). The van der Waals surface area contributed by atoms with E-state index in [0.29, 0.717) is 5.75 Å². The molecule has 2 aromatic rings. The van der Waals surface area contributed by atoms with Gasteiger partial charge >= 0.3 is 0 Å². The zero-order chi connectivity index (χ0) is 18.6. The van der Waals surface area contributed by atoms with Crippen LogP contribution in [0.3, 0.4) is 0 Å². The van der Waals surface area contributed by atoms with Crippen LogP contribution in [-0.4, -0.2) is 35.1 Å². The lowest BCUT2D eigenvalue weighted by Crippen LogP contribution is -2.38. The number of methoxy groups -OCH3 is 2. The number of sulfonamides is 1. The molecule has 9 heteroatoms. The van der Waals surface area contributed by atoms with Crippen molar-refractivity contribution in [1.29, 1.82) is 0 Å². The van der Waals surface area contributed by atoms with Gasteiger partial charge in [0.2, 0.25) is 5.91 Å². The Morgan fingerprint density at radius 3 is 2.20 bits per heavy atom. The number of ether oxygens (including phenoxy) is 2. The van der Waals surface area contributed by atoms with E-state index in [0.717, 1.165) is 16.4 Å². The Labute approximate surface area is 144 Å². The van der Waals surface area contributed by atoms with Crippen LogP contribution in [0, 0.1) is 5.82 Å². The predicted molar refractivity (Wildman–Crippen MR) is 89.7 cm³/mol. The van der Waals surface area contributed by atoms with Gasteiger partial charge in [0, 0.05) is 6.07 Å². The molecule has 25 heavy (non-hydrogen) atoms. The van der Waals surface area contributed by atoms with Gasteiger partial charge in [-0.1, -0.05) is 0 Å². The summed E-state index contributed by atoms with van der Waals surface area (Å²) >= 11 is 0. The molecule has 0 atom stereocenters. The van der Waals surface area contributed by atoms with E-state index < -0.39 is 28.3 Å². The number of amides is 1. The lowest BCUT2D eigenvalue weighted by molar-refractivity contribution is -0.116. The Balaban J connectivity index is 2.55. The third-order valence-electron chi connectivity index (χ3n) is 3.36. The Morgan fingerprint density at radius 1 is 1.08 bits per heavy atom. The first kappa shape index (κ1) is 18.5. The van der Waals surface area contributed by atoms with Crippen molar-refractivity contribution in [2.24, 2.45) is 5.73 Å². The summed E-state index contributed by atoms with van der Waals surface area (Å²) in [4.78, 5) is 11.2. The maximum absolute atomic E-state index is 13.1. The minimum absolute atomic E-state index is 0.106. The molecule has 0 fully saturated rings. The quantitative estimate of drug-likeness (QED) is 0.799. The number of anilines is 1. The van der Waals surface area contributed by atoms with Crippen LogP contribution in [0.15, 0.2) is 47.4 Å². The summed E-state index contributed by atoms with van der Waals surface area (Å²) in [6, 6.07) is 8.69. The molecule has 0 aliphatic rings. The molecule has 0 heterocycles. The number of hydrogen-bond donors (Lipinski definition) is 1. The molecule has 0 aliphatic carbocycles. The van der Waals surface area contributed by atoms with Crippen molar-refractivity contribution in [2.45, 2.75) is 4.90 Å². The highest BCUT2D eigenvalue weighted by atomic mass is 32.2. The summed E-state index contributed by atoms with van der Waals surface area (Å²) < 4.78 is 50.0. The minimum Gasteiger partial charge on any atom is -0.493 e. The van der Waals surface area contributed by atoms with Crippen LogP contribution in [0.25, 0.3) is 0 Å². The fourth-order valence-electron chi connectivity index (χ4n) is 2.17. The van der Waals surface area contributed by atoms with Gasteiger partial charge in [0.25, 0.3) is 10.0 Å². The molecular weight excluding hydrogens is 351 g/mol. The Kier molecular flexibility index (Phi) is 5.48. The highest BCUT2D eigenvalue weighted by Crippen LogP contribution is 2.32. The fraction of sp³-hybridized carbons (Fsp3) is 0.188. The second kappa shape index (κ2) is 7.39. The molecule has 0 aromatic heterocycles. The largest absolute Gasteiger partial charge is 0.493 e. The molecule has 0 aliphatic heterocycles. The highest BCUT2D eigenvalue weighted by molar-refractivity contribution is 7.92. The number of hydrogen-bond acceptors (Lipinski definition) is 5. The van der Waals surface area contributed by atoms with E-state index in [1.54, 1.807) is 0 Å². The Morgan fingerprint density at radius 2 is 1.68 bits per heavy atom. The molecule has 0 unspecified atom stereocenters. The van der Waals surface area contributed by atoms with Crippen LogP contribution >= 0.6 is 0 Å². The summed E-state index contributed by atoms with van der Waals surface area (Å²) in [5.41, 5.74) is 5.28. The van der Waals surface area contributed by atoms with Gasteiger partial charge in [-0.25, -0.2) is 12.8 Å². The fourth-order valence-corrected chi connectivity index (χ4v) is 3.62. The molecule has 134 valence electrons. The summed E-state index contributed by atoms with van der Waals surface area (Å²) in [7, 11) is -1.35. The second-order valence-electron chi connectivity index (χ2n) is 4.97. The number of nitrogens with two attached hydrogens (primary N) is 1. The smallest absolute Gasteiger partial charge is 0.264 e. The monoisotopic (exact) mass is 368 g/mol. The van der Waals surface area contributed by atoms with Crippen LogP contribution in [0.5, 0.6) is 11.5 Å². The molecule has 0 saturated carbocycles. The van der Waals surface area contributed by atoms with E-state index in [9.17, 15) is 17.6 Å². The van der Waals surface area contributed by atoms with Gasteiger partial charge in [-0.3, -0.25) is 9.10 Å². The number of carbonyl (C=O) groups excluding carboxylic acids is 1. The van der Waals surface area contributed by atoms with E-state index in [1.165, 1.54) is 44.6 Å². The number of carbonyl (C=O) groups is 1. The maximum Gasteiger partial charge on any atom is 0.264 e. The van der Waals surface area contributed by atoms with E-state index in [-0.39, 0.29) is 16.3 Å². The molecule has 0 bridgehead atoms.